The highest BCUT2D eigenvalue weighted by atomic mass is 79.9. The summed E-state index contributed by atoms with van der Waals surface area (Å²) < 4.78 is 5.75. The number of benzene rings is 1. The molecule has 0 fully saturated rings. The molecule has 0 aliphatic rings. The average Bonchev–Trinajstić information content (AvgIpc) is 2.05. The molecule has 2 heteroatoms. The predicted octanol–water partition coefficient (Wildman–Crippen LogP) is 4.19. The average molecular weight is 271 g/mol. The van der Waals surface area contributed by atoms with Crippen molar-refractivity contribution in [2.75, 3.05) is 0 Å². The lowest BCUT2D eigenvalue weighted by molar-refractivity contribution is 0.242. The molecule has 15 heavy (non-hydrogen) atoms. The second-order valence-electron chi connectivity index (χ2n) is 4.71. The zero-order valence-corrected chi connectivity index (χ0v) is 11.5. The van der Waals surface area contributed by atoms with Crippen LogP contribution in [0.25, 0.3) is 0 Å². The Balaban J connectivity index is 2.64. The Morgan fingerprint density at radius 3 is 2.13 bits per heavy atom. The quantitative estimate of drug-likeness (QED) is 0.746. The number of halogens is 1. The van der Waals surface area contributed by atoms with Gasteiger partial charge in [0, 0.05) is 4.32 Å². The molecule has 0 aliphatic carbocycles. The van der Waals surface area contributed by atoms with Crippen LogP contribution in [0.15, 0.2) is 24.3 Å². The van der Waals surface area contributed by atoms with Gasteiger partial charge in [-0.15, -0.1) is 0 Å². The first-order chi connectivity index (χ1) is 6.87. The lowest BCUT2D eigenvalue weighted by Gasteiger charge is -2.16. The topological polar surface area (TPSA) is 9.23 Å². The Kier molecular flexibility index (Phi) is 4.21. The molecule has 0 heterocycles. The van der Waals surface area contributed by atoms with Crippen LogP contribution in [0.4, 0.5) is 0 Å². The van der Waals surface area contributed by atoms with Crippen molar-refractivity contribution in [2.24, 2.45) is 0 Å². The fraction of sp³-hybridized carbons (Fsp3) is 0.538. The summed E-state index contributed by atoms with van der Waals surface area (Å²) in [6, 6.07) is 8.32. The third-order valence-electron chi connectivity index (χ3n) is 1.92. The molecule has 0 saturated heterocycles. The summed E-state index contributed by atoms with van der Waals surface area (Å²) >= 11 is 3.64. The molecule has 0 spiro atoms. The van der Waals surface area contributed by atoms with Crippen LogP contribution in [0.3, 0.4) is 0 Å². The van der Waals surface area contributed by atoms with E-state index in [1.807, 2.05) is 26.0 Å². The zero-order chi connectivity index (χ0) is 11.5. The molecule has 0 aliphatic heterocycles. The molecule has 0 radical (unpaired) electrons. The van der Waals surface area contributed by atoms with Crippen molar-refractivity contribution >= 4 is 15.9 Å². The minimum absolute atomic E-state index is 0.160. The van der Waals surface area contributed by atoms with Crippen LogP contribution in [-0.4, -0.2) is 10.4 Å². The summed E-state index contributed by atoms with van der Waals surface area (Å²) in [6.07, 6.45) is 1.26. The first-order valence-electron chi connectivity index (χ1n) is 5.31. The van der Waals surface area contributed by atoms with E-state index < -0.39 is 0 Å². The predicted molar refractivity (Wildman–Crippen MR) is 68.9 cm³/mol. The van der Waals surface area contributed by atoms with Gasteiger partial charge in [0.1, 0.15) is 5.75 Å². The van der Waals surface area contributed by atoms with Gasteiger partial charge in [-0.2, -0.15) is 0 Å². The molecule has 1 rings (SSSR count). The van der Waals surface area contributed by atoms with Crippen LogP contribution in [0.5, 0.6) is 5.75 Å². The Hall–Kier alpha value is -0.500. The van der Waals surface area contributed by atoms with Crippen molar-refractivity contribution in [3.05, 3.63) is 29.8 Å². The lowest BCUT2D eigenvalue weighted by Crippen LogP contribution is -2.13. The van der Waals surface area contributed by atoms with Gasteiger partial charge in [-0.25, -0.2) is 0 Å². The van der Waals surface area contributed by atoms with Gasteiger partial charge < -0.3 is 4.74 Å². The van der Waals surface area contributed by atoms with Gasteiger partial charge in [0.25, 0.3) is 0 Å². The molecule has 0 N–H and O–H groups in total. The van der Waals surface area contributed by atoms with E-state index in [9.17, 15) is 0 Å². The van der Waals surface area contributed by atoms with Crippen molar-refractivity contribution in [2.45, 2.75) is 44.5 Å². The highest BCUT2D eigenvalue weighted by Crippen LogP contribution is 2.23. The number of hydrogen-bond donors (Lipinski definition) is 0. The van der Waals surface area contributed by atoms with E-state index in [-0.39, 0.29) is 10.4 Å². The smallest absolute Gasteiger partial charge is 0.119 e. The number of alkyl halides is 1. The van der Waals surface area contributed by atoms with Crippen molar-refractivity contribution in [1.29, 1.82) is 0 Å². The first kappa shape index (κ1) is 12.6. The van der Waals surface area contributed by atoms with E-state index in [1.165, 1.54) is 5.56 Å². The maximum atomic E-state index is 5.59. The van der Waals surface area contributed by atoms with Crippen LogP contribution in [0, 0.1) is 0 Å². The lowest BCUT2D eigenvalue weighted by atomic mass is 10.0. The van der Waals surface area contributed by atoms with E-state index >= 15 is 0 Å². The molecule has 0 bridgehead atoms. The molecule has 0 unspecified atom stereocenters. The Bertz CT molecular complexity index is 295. The molecule has 1 aromatic rings. The summed E-state index contributed by atoms with van der Waals surface area (Å²) in [5.41, 5.74) is 1.33. The third kappa shape index (κ3) is 5.22. The molecule has 1 aromatic carbocycles. The molecule has 0 aromatic heterocycles. The third-order valence-corrected chi connectivity index (χ3v) is 2.20. The minimum atomic E-state index is 0.160. The maximum absolute atomic E-state index is 5.59. The molecular weight excluding hydrogens is 252 g/mol. The summed E-state index contributed by atoms with van der Waals surface area (Å²) in [4.78, 5) is 0. The van der Waals surface area contributed by atoms with Gasteiger partial charge in [-0.1, -0.05) is 28.1 Å². The van der Waals surface area contributed by atoms with Crippen LogP contribution in [0.1, 0.15) is 33.3 Å². The fourth-order valence-corrected chi connectivity index (χ4v) is 1.77. The second-order valence-corrected chi connectivity index (χ2v) is 6.85. The van der Waals surface area contributed by atoms with E-state index in [2.05, 4.69) is 41.9 Å². The second kappa shape index (κ2) is 5.02. The fourth-order valence-electron chi connectivity index (χ4n) is 1.44. The standard InChI is InChI=1S/C13H19BrO/c1-10(2)15-12-7-5-11(6-8-12)9-13(3,4)14/h5-8,10H,9H2,1-4H3. The minimum Gasteiger partial charge on any atom is -0.491 e. The highest BCUT2D eigenvalue weighted by Gasteiger charge is 2.13. The zero-order valence-electron chi connectivity index (χ0n) is 9.88. The maximum Gasteiger partial charge on any atom is 0.119 e. The van der Waals surface area contributed by atoms with Crippen molar-refractivity contribution < 1.29 is 4.74 Å². The number of hydrogen-bond acceptors (Lipinski definition) is 1. The van der Waals surface area contributed by atoms with E-state index in [0.29, 0.717) is 0 Å². The van der Waals surface area contributed by atoms with E-state index in [1.54, 1.807) is 0 Å². The Labute approximate surface area is 101 Å². The van der Waals surface area contributed by atoms with Crippen molar-refractivity contribution in [3.8, 4) is 5.75 Å². The Morgan fingerprint density at radius 1 is 1.20 bits per heavy atom. The summed E-state index contributed by atoms with van der Waals surface area (Å²) in [5.74, 6) is 0.945. The molecule has 0 amide bonds. The molecular formula is C13H19BrO. The van der Waals surface area contributed by atoms with E-state index in [0.717, 1.165) is 12.2 Å². The molecule has 84 valence electrons. The molecule has 0 saturated carbocycles. The van der Waals surface area contributed by atoms with Crippen LogP contribution < -0.4 is 4.74 Å². The van der Waals surface area contributed by atoms with Crippen LogP contribution >= 0.6 is 15.9 Å². The highest BCUT2D eigenvalue weighted by molar-refractivity contribution is 9.10. The van der Waals surface area contributed by atoms with Crippen molar-refractivity contribution in [3.63, 3.8) is 0 Å². The van der Waals surface area contributed by atoms with Gasteiger partial charge in [-0.3, -0.25) is 0 Å². The summed E-state index contributed by atoms with van der Waals surface area (Å²) in [5, 5.41) is 0. The molecule has 0 atom stereocenters. The van der Waals surface area contributed by atoms with Gasteiger partial charge in [0.05, 0.1) is 6.10 Å². The van der Waals surface area contributed by atoms with Gasteiger partial charge in [0.15, 0.2) is 0 Å². The van der Waals surface area contributed by atoms with Gasteiger partial charge in [-0.05, 0) is 51.8 Å². The Morgan fingerprint density at radius 2 is 1.73 bits per heavy atom. The molecule has 1 nitrogen and oxygen atoms in total. The van der Waals surface area contributed by atoms with Crippen molar-refractivity contribution in [1.82, 2.24) is 0 Å². The van der Waals surface area contributed by atoms with Crippen LogP contribution in [0.2, 0.25) is 0 Å². The number of rotatable bonds is 4. The summed E-state index contributed by atoms with van der Waals surface area (Å²) in [7, 11) is 0. The SMILES string of the molecule is CC(C)Oc1ccc(CC(C)(C)Br)cc1. The van der Waals surface area contributed by atoms with Crippen LogP contribution in [-0.2, 0) is 6.42 Å². The largest absolute Gasteiger partial charge is 0.491 e. The number of ether oxygens (including phenoxy) is 1. The van der Waals surface area contributed by atoms with Gasteiger partial charge >= 0.3 is 0 Å². The normalized spacial score (nSPS) is 11.9. The monoisotopic (exact) mass is 270 g/mol. The first-order valence-corrected chi connectivity index (χ1v) is 6.10. The summed E-state index contributed by atoms with van der Waals surface area (Å²) in [6.45, 7) is 8.42. The van der Waals surface area contributed by atoms with Gasteiger partial charge in [0.2, 0.25) is 0 Å². The van der Waals surface area contributed by atoms with E-state index in [4.69, 9.17) is 4.74 Å².